The number of benzene rings is 1. The smallest absolute Gasteiger partial charge is 0.134 e. The predicted molar refractivity (Wildman–Crippen MR) is 72.9 cm³/mol. The number of methoxy groups -OCH3 is 1. The second kappa shape index (κ2) is 5.93. The summed E-state index contributed by atoms with van der Waals surface area (Å²) in [5, 5.41) is 10.2. The molecule has 5 heteroatoms. The van der Waals surface area contributed by atoms with Crippen molar-refractivity contribution in [1.82, 2.24) is 10.2 Å². The molecule has 1 aromatic heterocycles. The van der Waals surface area contributed by atoms with Crippen LogP contribution in [0.1, 0.15) is 35.0 Å². The Hall–Kier alpha value is -1.46. The molecule has 0 radical (unpaired) electrons. The van der Waals surface area contributed by atoms with Gasteiger partial charge in [-0.05, 0) is 24.1 Å². The Bertz CT molecular complexity index is 495. The van der Waals surface area contributed by atoms with Gasteiger partial charge in [0.2, 0.25) is 0 Å². The van der Waals surface area contributed by atoms with Crippen molar-refractivity contribution in [2.45, 2.75) is 25.8 Å². The first-order valence-corrected chi connectivity index (χ1v) is 6.75. The molecule has 0 fully saturated rings. The summed E-state index contributed by atoms with van der Waals surface area (Å²) in [6.07, 6.45) is 1.68. The van der Waals surface area contributed by atoms with Gasteiger partial charge in [0.25, 0.3) is 0 Å². The van der Waals surface area contributed by atoms with Gasteiger partial charge in [-0.15, -0.1) is 10.2 Å². The third kappa shape index (κ3) is 3.05. The van der Waals surface area contributed by atoms with E-state index in [-0.39, 0.29) is 6.04 Å². The Kier molecular flexibility index (Phi) is 4.28. The van der Waals surface area contributed by atoms with Crippen LogP contribution in [0.3, 0.4) is 0 Å². The Balaban J connectivity index is 2.06. The Morgan fingerprint density at radius 3 is 2.61 bits per heavy atom. The van der Waals surface area contributed by atoms with Gasteiger partial charge in [0.1, 0.15) is 15.8 Å². The summed E-state index contributed by atoms with van der Waals surface area (Å²) < 4.78 is 5.13. The summed E-state index contributed by atoms with van der Waals surface area (Å²) in [5.74, 6) is 0.865. The molecule has 1 aromatic carbocycles. The number of ether oxygens (including phenoxy) is 1. The average molecular weight is 263 g/mol. The van der Waals surface area contributed by atoms with E-state index in [1.807, 2.05) is 24.3 Å². The molecule has 0 spiro atoms. The minimum atomic E-state index is 0.00659. The molecule has 2 aromatic rings. The molecule has 0 saturated carbocycles. The van der Waals surface area contributed by atoms with Crippen LogP contribution in [0.5, 0.6) is 5.75 Å². The van der Waals surface area contributed by atoms with Gasteiger partial charge < -0.3 is 10.5 Å². The minimum Gasteiger partial charge on any atom is -0.497 e. The van der Waals surface area contributed by atoms with E-state index < -0.39 is 0 Å². The molecule has 1 heterocycles. The zero-order chi connectivity index (χ0) is 13.0. The maximum absolute atomic E-state index is 5.93. The highest BCUT2D eigenvalue weighted by molar-refractivity contribution is 7.11. The fourth-order valence-corrected chi connectivity index (χ4v) is 2.54. The minimum absolute atomic E-state index is 0.00659. The maximum atomic E-state index is 5.93. The van der Waals surface area contributed by atoms with E-state index in [2.05, 4.69) is 17.1 Å². The molecule has 0 aliphatic rings. The number of rotatable bonds is 5. The van der Waals surface area contributed by atoms with Gasteiger partial charge in [0.15, 0.2) is 0 Å². The Morgan fingerprint density at radius 2 is 2.00 bits per heavy atom. The predicted octanol–water partition coefficient (Wildman–Crippen LogP) is 2.55. The first-order chi connectivity index (χ1) is 8.72. The van der Waals surface area contributed by atoms with Gasteiger partial charge in [-0.1, -0.05) is 30.4 Å². The van der Waals surface area contributed by atoms with Crippen LogP contribution in [-0.2, 0) is 6.42 Å². The molecule has 2 rings (SSSR count). The van der Waals surface area contributed by atoms with E-state index in [0.29, 0.717) is 0 Å². The molecule has 1 unspecified atom stereocenters. The standard InChI is InChI=1S/C13H17N3OS/c1-3-11(14)13-16-15-12(18-13)8-9-4-6-10(17-2)7-5-9/h4-7,11H,3,8,14H2,1-2H3. The Labute approximate surface area is 111 Å². The van der Waals surface area contributed by atoms with Crippen LogP contribution in [0, 0.1) is 0 Å². The maximum Gasteiger partial charge on any atom is 0.134 e. The van der Waals surface area contributed by atoms with Crippen molar-refractivity contribution in [2.24, 2.45) is 5.73 Å². The molecule has 18 heavy (non-hydrogen) atoms. The molecule has 2 N–H and O–H groups in total. The van der Waals surface area contributed by atoms with Crippen LogP contribution in [0.25, 0.3) is 0 Å². The van der Waals surface area contributed by atoms with Crippen LogP contribution >= 0.6 is 11.3 Å². The van der Waals surface area contributed by atoms with E-state index in [1.54, 1.807) is 18.4 Å². The zero-order valence-corrected chi connectivity index (χ0v) is 11.4. The lowest BCUT2D eigenvalue weighted by Crippen LogP contribution is -2.07. The van der Waals surface area contributed by atoms with Crippen LogP contribution in [0.2, 0.25) is 0 Å². The first-order valence-electron chi connectivity index (χ1n) is 5.93. The van der Waals surface area contributed by atoms with Gasteiger partial charge >= 0.3 is 0 Å². The molecule has 0 amide bonds. The lowest BCUT2D eigenvalue weighted by Gasteiger charge is -2.02. The average Bonchev–Trinajstić information content (AvgIpc) is 2.87. The molecule has 1 atom stereocenters. The molecule has 0 aliphatic heterocycles. The summed E-state index contributed by atoms with van der Waals surface area (Å²) in [5.41, 5.74) is 7.13. The highest BCUT2D eigenvalue weighted by atomic mass is 32.1. The summed E-state index contributed by atoms with van der Waals surface area (Å²) in [6.45, 7) is 2.05. The third-order valence-corrected chi connectivity index (χ3v) is 3.81. The van der Waals surface area contributed by atoms with Crippen LogP contribution in [-0.4, -0.2) is 17.3 Å². The zero-order valence-electron chi connectivity index (χ0n) is 10.6. The topological polar surface area (TPSA) is 61.0 Å². The van der Waals surface area contributed by atoms with Crippen LogP contribution < -0.4 is 10.5 Å². The van der Waals surface area contributed by atoms with Crippen LogP contribution in [0.15, 0.2) is 24.3 Å². The van der Waals surface area contributed by atoms with Crippen molar-refractivity contribution in [3.05, 3.63) is 39.8 Å². The second-order valence-electron chi connectivity index (χ2n) is 4.07. The van der Waals surface area contributed by atoms with E-state index in [9.17, 15) is 0 Å². The van der Waals surface area contributed by atoms with Crippen molar-refractivity contribution in [3.63, 3.8) is 0 Å². The summed E-state index contributed by atoms with van der Waals surface area (Å²) >= 11 is 1.59. The van der Waals surface area contributed by atoms with Crippen molar-refractivity contribution >= 4 is 11.3 Å². The molecule has 0 aliphatic carbocycles. The van der Waals surface area contributed by atoms with Gasteiger partial charge in [-0.3, -0.25) is 0 Å². The summed E-state index contributed by atoms with van der Waals surface area (Å²) in [4.78, 5) is 0. The Morgan fingerprint density at radius 1 is 1.28 bits per heavy atom. The fourth-order valence-electron chi connectivity index (χ4n) is 1.58. The fraction of sp³-hybridized carbons (Fsp3) is 0.385. The molecular formula is C13H17N3OS. The highest BCUT2D eigenvalue weighted by Crippen LogP contribution is 2.21. The van der Waals surface area contributed by atoms with Crippen molar-refractivity contribution in [3.8, 4) is 5.75 Å². The largest absolute Gasteiger partial charge is 0.497 e. The van der Waals surface area contributed by atoms with E-state index >= 15 is 0 Å². The lowest BCUT2D eigenvalue weighted by atomic mass is 10.1. The quantitative estimate of drug-likeness (QED) is 0.900. The SMILES string of the molecule is CCC(N)c1nnc(Cc2ccc(OC)cc2)s1. The van der Waals surface area contributed by atoms with E-state index in [0.717, 1.165) is 28.6 Å². The molecule has 4 nitrogen and oxygen atoms in total. The number of nitrogens with two attached hydrogens (primary N) is 1. The van der Waals surface area contributed by atoms with Gasteiger partial charge in [-0.25, -0.2) is 0 Å². The summed E-state index contributed by atoms with van der Waals surface area (Å²) in [7, 11) is 1.66. The van der Waals surface area contributed by atoms with Crippen LogP contribution in [0.4, 0.5) is 0 Å². The highest BCUT2D eigenvalue weighted by Gasteiger charge is 2.10. The molecular weight excluding hydrogens is 246 g/mol. The van der Waals surface area contributed by atoms with Crippen molar-refractivity contribution in [2.75, 3.05) is 7.11 Å². The summed E-state index contributed by atoms with van der Waals surface area (Å²) in [6, 6.07) is 8.00. The van der Waals surface area contributed by atoms with Gasteiger partial charge in [-0.2, -0.15) is 0 Å². The van der Waals surface area contributed by atoms with Gasteiger partial charge in [0.05, 0.1) is 13.2 Å². The van der Waals surface area contributed by atoms with Gasteiger partial charge in [0, 0.05) is 6.42 Å². The normalized spacial score (nSPS) is 12.4. The number of hydrogen-bond acceptors (Lipinski definition) is 5. The monoisotopic (exact) mass is 263 g/mol. The van der Waals surface area contributed by atoms with E-state index in [1.165, 1.54) is 5.56 Å². The van der Waals surface area contributed by atoms with Crippen molar-refractivity contribution in [1.29, 1.82) is 0 Å². The number of aromatic nitrogens is 2. The lowest BCUT2D eigenvalue weighted by molar-refractivity contribution is 0.414. The molecule has 0 bridgehead atoms. The third-order valence-electron chi connectivity index (χ3n) is 2.75. The van der Waals surface area contributed by atoms with E-state index in [4.69, 9.17) is 10.5 Å². The first kappa shape index (κ1) is 13.0. The number of nitrogens with zero attached hydrogens (tertiary/aromatic N) is 2. The molecule has 96 valence electrons. The van der Waals surface area contributed by atoms with Crippen molar-refractivity contribution < 1.29 is 4.74 Å². The molecule has 0 saturated heterocycles. The number of hydrogen-bond donors (Lipinski definition) is 1. The second-order valence-corrected chi connectivity index (χ2v) is 5.17.